The van der Waals surface area contributed by atoms with E-state index in [2.05, 4.69) is 35.0 Å². The summed E-state index contributed by atoms with van der Waals surface area (Å²) in [6.45, 7) is 1.20. The molecule has 0 N–H and O–H groups in total. The third-order valence-electron chi connectivity index (χ3n) is 4.84. The number of hydrogen-bond donors (Lipinski definition) is 0. The van der Waals surface area contributed by atoms with Crippen LogP contribution in [0.5, 0.6) is 23.0 Å². The molecule has 140 valence electrons. The van der Waals surface area contributed by atoms with Gasteiger partial charge in [0.25, 0.3) is 0 Å². The minimum absolute atomic E-state index is 0. The predicted molar refractivity (Wildman–Crippen MR) is 99.5 cm³/mol. The lowest BCUT2D eigenvalue weighted by atomic mass is 10.0. The van der Waals surface area contributed by atoms with Crippen LogP contribution in [0.15, 0.2) is 41.4 Å². The fraction of sp³-hybridized carbons (Fsp3) is 0.250. The molecule has 3 heterocycles. The SMILES string of the molecule is COc1ccc2cc3[n+](cc2c1OC)CCSc1cc2c(cc1-3)OCO2.[Cl-]. The van der Waals surface area contributed by atoms with Gasteiger partial charge in [0.15, 0.2) is 35.7 Å². The maximum Gasteiger partial charge on any atom is 0.231 e. The molecule has 2 aliphatic rings. The first-order valence-electron chi connectivity index (χ1n) is 8.43. The van der Waals surface area contributed by atoms with Gasteiger partial charge in [-0.25, -0.2) is 0 Å². The van der Waals surface area contributed by atoms with Crippen molar-refractivity contribution in [3.8, 4) is 34.3 Å². The van der Waals surface area contributed by atoms with Crippen molar-refractivity contribution in [3.63, 3.8) is 0 Å². The maximum atomic E-state index is 5.62. The Kier molecular flexibility index (Phi) is 4.70. The second-order valence-electron chi connectivity index (χ2n) is 6.21. The molecule has 5 rings (SSSR count). The molecule has 0 unspecified atom stereocenters. The third-order valence-corrected chi connectivity index (χ3v) is 5.88. The summed E-state index contributed by atoms with van der Waals surface area (Å²) in [6, 6.07) is 10.4. The number of ether oxygens (including phenoxy) is 4. The molecule has 2 aliphatic heterocycles. The summed E-state index contributed by atoms with van der Waals surface area (Å²) < 4.78 is 24.5. The Morgan fingerprint density at radius 3 is 2.63 bits per heavy atom. The second-order valence-corrected chi connectivity index (χ2v) is 7.34. The minimum atomic E-state index is 0. The Balaban J connectivity index is 0.00000180. The lowest BCUT2D eigenvalue weighted by Gasteiger charge is -2.11. The molecule has 1 aromatic heterocycles. The molecule has 27 heavy (non-hydrogen) atoms. The van der Waals surface area contributed by atoms with Crippen molar-refractivity contribution in [3.05, 3.63) is 36.5 Å². The van der Waals surface area contributed by atoms with Crippen LogP contribution in [0.1, 0.15) is 0 Å². The summed E-state index contributed by atoms with van der Waals surface area (Å²) in [7, 11) is 3.34. The van der Waals surface area contributed by atoms with Gasteiger partial charge in [0.1, 0.15) is 0 Å². The maximum absolute atomic E-state index is 5.62. The van der Waals surface area contributed by atoms with E-state index in [1.807, 2.05) is 17.8 Å². The summed E-state index contributed by atoms with van der Waals surface area (Å²) in [5, 5.41) is 2.16. The average molecular weight is 404 g/mol. The molecule has 0 saturated carbocycles. The highest BCUT2D eigenvalue weighted by molar-refractivity contribution is 7.99. The molecule has 2 aromatic carbocycles. The third kappa shape index (κ3) is 2.84. The van der Waals surface area contributed by atoms with E-state index in [4.69, 9.17) is 18.9 Å². The molecule has 0 fully saturated rings. The van der Waals surface area contributed by atoms with Crippen LogP contribution in [0.25, 0.3) is 22.0 Å². The van der Waals surface area contributed by atoms with Gasteiger partial charge < -0.3 is 31.4 Å². The van der Waals surface area contributed by atoms with Crippen molar-refractivity contribution < 1.29 is 35.9 Å². The van der Waals surface area contributed by atoms with Crippen LogP contribution in [0.3, 0.4) is 0 Å². The number of thioether (sulfide) groups is 1. The lowest BCUT2D eigenvalue weighted by Crippen LogP contribution is -3.00. The van der Waals surface area contributed by atoms with Gasteiger partial charge in [0, 0.05) is 11.0 Å². The number of nitrogens with zero attached hydrogens (tertiary/aromatic N) is 1. The number of methoxy groups -OCH3 is 2. The molecule has 0 spiro atoms. The van der Waals surface area contributed by atoms with E-state index < -0.39 is 0 Å². The van der Waals surface area contributed by atoms with Crippen LogP contribution >= 0.6 is 11.8 Å². The molecular weight excluding hydrogens is 386 g/mol. The lowest BCUT2D eigenvalue weighted by molar-refractivity contribution is -0.680. The highest BCUT2D eigenvalue weighted by Crippen LogP contribution is 2.44. The van der Waals surface area contributed by atoms with Crippen LogP contribution < -0.4 is 35.9 Å². The van der Waals surface area contributed by atoms with Crippen molar-refractivity contribution in [2.45, 2.75) is 11.4 Å². The summed E-state index contributed by atoms with van der Waals surface area (Å²) in [4.78, 5) is 1.22. The number of pyridine rings is 1. The molecule has 0 amide bonds. The van der Waals surface area contributed by atoms with E-state index in [1.165, 1.54) is 16.2 Å². The van der Waals surface area contributed by atoms with Crippen molar-refractivity contribution >= 4 is 22.5 Å². The second kappa shape index (κ2) is 7.02. The van der Waals surface area contributed by atoms with Gasteiger partial charge in [0.2, 0.25) is 12.5 Å². The fourth-order valence-corrected chi connectivity index (χ4v) is 4.61. The van der Waals surface area contributed by atoms with Crippen molar-refractivity contribution in [1.82, 2.24) is 0 Å². The molecule has 0 aliphatic carbocycles. The van der Waals surface area contributed by atoms with Crippen LogP contribution in [-0.2, 0) is 6.54 Å². The van der Waals surface area contributed by atoms with Gasteiger partial charge in [-0.05, 0) is 29.7 Å². The quantitative estimate of drug-likeness (QED) is 0.588. The predicted octanol–water partition coefficient (Wildman–Crippen LogP) is 0.650. The van der Waals surface area contributed by atoms with E-state index in [0.717, 1.165) is 46.1 Å². The Morgan fingerprint density at radius 1 is 1.04 bits per heavy atom. The summed E-state index contributed by atoms with van der Waals surface area (Å²) in [5.74, 6) is 4.14. The van der Waals surface area contributed by atoms with Gasteiger partial charge in [0.05, 0.1) is 30.9 Å². The Bertz CT molecular complexity index is 1040. The zero-order valence-corrected chi connectivity index (χ0v) is 16.5. The van der Waals surface area contributed by atoms with E-state index >= 15 is 0 Å². The molecule has 3 aromatic rings. The molecule has 0 saturated heterocycles. The van der Waals surface area contributed by atoms with Gasteiger partial charge >= 0.3 is 0 Å². The molecular formula is C20H18ClNO4S. The van der Waals surface area contributed by atoms with Gasteiger partial charge in [-0.3, -0.25) is 0 Å². The van der Waals surface area contributed by atoms with Gasteiger partial charge in [-0.2, -0.15) is 4.57 Å². The zero-order chi connectivity index (χ0) is 17.7. The molecule has 0 radical (unpaired) electrons. The van der Waals surface area contributed by atoms with E-state index in [-0.39, 0.29) is 19.2 Å². The monoisotopic (exact) mass is 403 g/mol. The number of aromatic nitrogens is 1. The highest BCUT2D eigenvalue weighted by Gasteiger charge is 2.27. The van der Waals surface area contributed by atoms with Gasteiger partial charge in [-0.1, -0.05) is 0 Å². The summed E-state index contributed by atoms with van der Waals surface area (Å²) in [6.07, 6.45) is 2.16. The average Bonchev–Trinajstić information content (AvgIpc) is 3.05. The first-order chi connectivity index (χ1) is 12.8. The first-order valence-corrected chi connectivity index (χ1v) is 9.42. The minimum Gasteiger partial charge on any atom is -1.00 e. The van der Waals surface area contributed by atoms with E-state index in [1.54, 1.807) is 14.2 Å². The number of aryl methyl sites for hydroxylation is 1. The number of hydrogen-bond acceptors (Lipinski definition) is 5. The van der Waals surface area contributed by atoms with Crippen molar-refractivity contribution in [1.29, 1.82) is 0 Å². The molecule has 0 atom stereocenters. The Hall–Kier alpha value is -2.31. The number of fused-ring (bicyclic) bond motifs is 5. The smallest absolute Gasteiger partial charge is 0.231 e. The zero-order valence-electron chi connectivity index (χ0n) is 15.0. The highest BCUT2D eigenvalue weighted by atomic mass is 35.5. The largest absolute Gasteiger partial charge is 1.00 e. The topological polar surface area (TPSA) is 40.8 Å². The van der Waals surface area contributed by atoms with E-state index in [0.29, 0.717) is 0 Å². The molecule has 5 nitrogen and oxygen atoms in total. The number of rotatable bonds is 2. The van der Waals surface area contributed by atoms with Gasteiger partial charge in [-0.15, -0.1) is 11.8 Å². The van der Waals surface area contributed by atoms with Crippen molar-refractivity contribution in [2.75, 3.05) is 26.8 Å². The van der Waals surface area contributed by atoms with Crippen LogP contribution in [0.2, 0.25) is 0 Å². The first kappa shape index (κ1) is 18.1. The fourth-order valence-electron chi connectivity index (χ4n) is 3.59. The number of halogens is 1. The standard InChI is InChI=1S/C20H18NO4S.ClH/c1-22-16-4-3-12-7-15-13-8-17-18(25-11-24-17)9-19(13)26-6-5-21(15)10-14(12)20(16)23-2;/h3-4,7-10H,5-6,11H2,1-2H3;1H/q+1;/p-1. The van der Waals surface area contributed by atoms with Crippen LogP contribution in [-0.4, -0.2) is 26.8 Å². The Morgan fingerprint density at radius 2 is 1.85 bits per heavy atom. The van der Waals surface area contributed by atoms with Crippen LogP contribution in [0.4, 0.5) is 0 Å². The number of benzene rings is 2. The molecule has 7 heteroatoms. The summed E-state index contributed by atoms with van der Waals surface area (Å²) in [5.41, 5.74) is 2.34. The van der Waals surface area contributed by atoms with Crippen LogP contribution in [0, 0.1) is 0 Å². The molecule has 0 bridgehead atoms. The summed E-state index contributed by atoms with van der Waals surface area (Å²) >= 11 is 1.84. The normalized spacial score (nSPS) is 14.0. The Labute approximate surface area is 167 Å². The van der Waals surface area contributed by atoms with Crippen molar-refractivity contribution in [2.24, 2.45) is 0 Å². The van der Waals surface area contributed by atoms with E-state index in [9.17, 15) is 0 Å².